The van der Waals surface area contributed by atoms with Crippen LogP contribution in [0.3, 0.4) is 0 Å². The van der Waals surface area contributed by atoms with Crippen molar-refractivity contribution in [2.24, 2.45) is 0 Å². The lowest BCUT2D eigenvalue weighted by Crippen LogP contribution is -2.51. The van der Waals surface area contributed by atoms with Gasteiger partial charge in [-0.05, 0) is 57.2 Å². The van der Waals surface area contributed by atoms with Gasteiger partial charge in [0.1, 0.15) is 5.82 Å². The fourth-order valence-corrected chi connectivity index (χ4v) is 3.54. The Bertz CT molecular complexity index is 520. The smallest absolute Gasteiger partial charge is 0.230 e. The number of fused-ring (bicyclic) bond motifs is 2. The fraction of sp³-hybridized carbons (Fsp3) is 0.588. The third kappa shape index (κ3) is 3.44. The van der Waals surface area contributed by atoms with Crippen LogP contribution < -0.4 is 10.6 Å². The van der Waals surface area contributed by atoms with Gasteiger partial charge in [0.2, 0.25) is 5.91 Å². The molecule has 2 heterocycles. The highest BCUT2D eigenvalue weighted by molar-refractivity contribution is 5.87. The molecule has 0 saturated carbocycles. The van der Waals surface area contributed by atoms with E-state index in [0.29, 0.717) is 12.1 Å². The number of halogens is 2. The predicted octanol–water partition coefficient (Wildman–Crippen LogP) is 2.92. The summed E-state index contributed by atoms with van der Waals surface area (Å²) in [4.78, 5) is 12.6. The first-order valence-electron chi connectivity index (χ1n) is 7.78. The predicted molar refractivity (Wildman–Crippen MR) is 87.8 cm³/mol. The van der Waals surface area contributed by atoms with Crippen LogP contribution in [-0.2, 0) is 10.2 Å². The Kier molecular flexibility index (Phi) is 5.13. The first kappa shape index (κ1) is 17.2. The van der Waals surface area contributed by atoms with Gasteiger partial charge in [-0.1, -0.05) is 12.1 Å². The standard InChI is InChI=1S/C17H23FN2O.ClH/c1-17(2,11-3-5-12(18)6-4-11)16(21)20-15-9-13-7-8-14(10-15)19-13;/h3-6,13-15,19H,7-10H2,1-2H3,(H,20,21);1H. The summed E-state index contributed by atoms with van der Waals surface area (Å²) in [7, 11) is 0. The zero-order valence-electron chi connectivity index (χ0n) is 13.1. The number of piperidine rings is 1. The molecule has 3 rings (SSSR count). The lowest BCUT2D eigenvalue weighted by Gasteiger charge is -2.33. The van der Waals surface area contributed by atoms with E-state index in [1.54, 1.807) is 12.1 Å². The van der Waals surface area contributed by atoms with Crippen molar-refractivity contribution in [3.05, 3.63) is 35.6 Å². The number of carbonyl (C=O) groups excluding carboxylic acids is 1. The third-order valence-corrected chi connectivity index (χ3v) is 4.94. The Morgan fingerprint density at radius 2 is 1.73 bits per heavy atom. The van der Waals surface area contributed by atoms with Gasteiger partial charge < -0.3 is 10.6 Å². The summed E-state index contributed by atoms with van der Waals surface area (Å²) in [6.45, 7) is 3.79. The van der Waals surface area contributed by atoms with Crippen LogP contribution in [0.1, 0.15) is 45.1 Å². The zero-order valence-corrected chi connectivity index (χ0v) is 13.9. The van der Waals surface area contributed by atoms with Gasteiger partial charge in [0.15, 0.2) is 0 Å². The van der Waals surface area contributed by atoms with E-state index < -0.39 is 5.41 Å². The molecule has 122 valence electrons. The summed E-state index contributed by atoms with van der Waals surface area (Å²) >= 11 is 0. The SMILES string of the molecule is CC(C)(C(=O)NC1CC2CCC(C1)N2)c1ccc(F)cc1.Cl. The summed E-state index contributed by atoms with van der Waals surface area (Å²) in [5.74, 6) is -0.245. The first-order chi connectivity index (χ1) is 9.95. The number of benzene rings is 1. The van der Waals surface area contributed by atoms with Gasteiger partial charge in [0.25, 0.3) is 0 Å². The maximum atomic E-state index is 13.0. The summed E-state index contributed by atoms with van der Waals surface area (Å²) in [6.07, 6.45) is 4.47. The monoisotopic (exact) mass is 326 g/mol. The minimum atomic E-state index is -0.641. The Balaban J connectivity index is 0.00000176. The van der Waals surface area contributed by atoms with Crippen LogP contribution >= 0.6 is 12.4 Å². The van der Waals surface area contributed by atoms with Crippen LogP contribution in [0.25, 0.3) is 0 Å². The highest BCUT2D eigenvalue weighted by Gasteiger charge is 2.37. The van der Waals surface area contributed by atoms with Gasteiger partial charge >= 0.3 is 0 Å². The second kappa shape index (κ2) is 6.55. The summed E-state index contributed by atoms with van der Waals surface area (Å²) in [5.41, 5.74) is 0.204. The third-order valence-electron chi connectivity index (χ3n) is 4.94. The van der Waals surface area contributed by atoms with Gasteiger partial charge in [-0.2, -0.15) is 0 Å². The van der Waals surface area contributed by atoms with Crippen molar-refractivity contribution in [2.45, 2.75) is 63.1 Å². The van der Waals surface area contributed by atoms with Crippen LogP contribution in [0.2, 0.25) is 0 Å². The van der Waals surface area contributed by atoms with E-state index in [2.05, 4.69) is 10.6 Å². The fourth-order valence-electron chi connectivity index (χ4n) is 3.54. The van der Waals surface area contributed by atoms with Gasteiger partial charge in [0, 0.05) is 18.1 Å². The summed E-state index contributed by atoms with van der Waals surface area (Å²) < 4.78 is 13.0. The molecular weight excluding hydrogens is 303 g/mol. The topological polar surface area (TPSA) is 41.1 Å². The molecule has 2 fully saturated rings. The Labute approximate surface area is 137 Å². The molecule has 0 aliphatic carbocycles. The quantitative estimate of drug-likeness (QED) is 0.896. The average Bonchev–Trinajstić information content (AvgIpc) is 2.78. The molecule has 2 atom stereocenters. The zero-order chi connectivity index (χ0) is 15.0. The maximum absolute atomic E-state index is 13.0. The number of carbonyl (C=O) groups is 1. The number of nitrogens with one attached hydrogen (secondary N) is 2. The number of amides is 1. The molecule has 5 heteroatoms. The molecule has 0 aromatic heterocycles. The van der Waals surface area contributed by atoms with E-state index in [9.17, 15) is 9.18 Å². The number of hydrogen-bond acceptors (Lipinski definition) is 2. The summed E-state index contributed by atoms with van der Waals surface area (Å²) in [6, 6.07) is 7.59. The van der Waals surface area contributed by atoms with Crippen LogP contribution in [0, 0.1) is 5.82 Å². The van der Waals surface area contributed by atoms with E-state index in [-0.39, 0.29) is 30.2 Å². The molecule has 0 spiro atoms. The van der Waals surface area contributed by atoms with Crippen molar-refractivity contribution in [2.75, 3.05) is 0 Å². The second-order valence-electron chi connectivity index (χ2n) is 6.91. The first-order valence-corrected chi connectivity index (χ1v) is 7.78. The van der Waals surface area contributed by atoms with E-state index in [0.717, 1.165) is 18.4 Å². The van der Waals surface area contributed by atoms with Crippen molar-refractivity contribution in [1.29, 1.82) is 0 Å². The highest BCUT2D eigenvalue weighted by Crippen LogP contribution is 2.29. The van der Waals surface area contributed by atoms with Crippen molar-refractivity contribution in [3.8, 4) is 0 Å². The van der Waals surface area contributed by atoms with E-state index in [1.807, 2.05) is 13.8 Å². The van der Waals surface area contributed by atoms with Gasteiger partial charge in [0.05, 0.1) is 5.41 Å². The molecule has 2 bridgehead atoms. The van der Waals surface area contributed by atoms with Crippen molar-refractivity contribution >= 4 is 18.3 Å². The molecule has 2 unspecified atom stereocenters. The lowest BCUT2D eigenvalue weighted by molar-refractivity contribution is -0.126. The second-order valence-corrected chi connectivity index (χ2v) is 6.91. The molecule has 2 aliphatic rings. The minimum Gasteiger partial charge on any atom is -0.352 e. The molecule has 2 aliphatic heterocycles. The molecule has 1 aromatic carbocycles. The van der Waals surface area contributed by atoms with Crippen molar-refractivity contribution in [1.82, 2.24) is 10.6 Å². The molecule has 1 amide bonds. The minimum absolute atomic E-state index is 0. The number of rotatable bonds is 3. The van der Waals surface area contributed by atoms with Crippen molar-refractivity contribution in [3.63, 3.8) is 0 Å². The molecule has 22 heavy (non-hydrogen) atoms. The van der Waals surface area contributed by atoms with Crippen LogP contribution in [0.5, 0.6) is 0 Å². The van der Waals surface area contributed by atoms with Crippen LogP contribution in [0.15, 0.2) is 24.3 Å². The highest BCUT2D eigenvalue weighted by atomic mass is 35.5. The van der Waals surface area contributed by atoms with E-state index in [1.165, 1.54) is 25.0 Å². The van der Waals surface area contributed by atoms with Crippen LogP contribution in [-0.4, -0.2) is 24.0 Å². The summed E-state index contributed by atoms with van der Waals surface area (Å²) in [5, 5.41) is 6.78. The van der Waals surface area contributed by atoms with Gasteiger partial charge in [-0.25, -0.2) is 4.39 Å². The molecule has 2 N–H and O–H groups in total. The Morgan fingerprint density at radius 1 is 1.18 bits per heavy atom. The number of hydrogen-bond donors (Lipinski definition) is 2. The van der Waals surface area contributed by atoms with Gasteiger partial charge in [-0.3, -0.25) is 4.79 Å². The molecule has 0 radical (unpaired) electrons. The van der Waals surface area contributed by atoms with Crippen molar-refractivity contribution < 1.29 is 9.18 Å². The maximum Gasteiger partial charge on any atom is 0.230 e. The molecular formula is C17H24ClFN2O. The van der Waals surface area contributed by atoms with Gasteiger partial charge in [-0.15, -0.1) is 12.4 Å². The van der Waals surface area contributed by atoms with Crippen LogP contribution in [0.4, 0.5) is 4.39 Å². The van der Waals surface area contributed by atoms with E-state index in [4.69, 9.17) is 0 Å². The molecule has 3 nitrogen and oxygen atoms in total. The molecule has 1 aromatic rings. The molecule has 2 saturated heterocycles. The Hall–Kier alpha value is -1.13. The van der Waals surface area contributed by atoms with E-state index >= 15 is 0 Å². The lowest BCUT2D eigenvalue weighted by atomic mass is 9.83. The Morgan fingerprint density at radius 3 is 2.27 bits per heavy atom. The average molecular weight is 327 g/mol. The largest absolute Gasteiger partial charge is 0.352 e. The normalized spacial score (nSPS) is 27.1.